The number of benzene rings is 1. The molecule has 0 radical (unpaired) electrons. The van der Waals surface area contributed by atoms with Crippen LogP contribution in [-0.2, 0) is 9.59 Å². The molecule has 1 N–H and O–H groups in total. The standard InChI is InChI=1S/C20H31N3O3/c1-14-7-8-17(26-10-9-22(5)6)16(11-14)21-19(25)15-12-18(24)23(13-15)20(2,3)4/h7-8,11,15H,9-10,12-13H2,1-6H3,(H,21,25)/t15-/m1/s1. The van der Waals surface area contributed by atoms with Gasteiger partial charge in [0.2, 0.25) is 11.8 Å². The van der Waals surface area contributed by atoms with Gasteiger partial charge in [-0.3, -0.25) is 9.59 Å². The van der Waals surface area contributed by atoms with Gasteiger partial charge in [-0.2, -0.15) is 0 Å². The fourth-order valence-corrected chi connectivity index (χ4v) is 2.97. The molecule has 0 aliphatic carbocycles. The minimum absolute atomic E-state index is 0.0318. The third-order valence-corrected chi connectivity index (χ3v) is 4.49. The smallest absolute Gasteiger partial charge is 0.229 e. The average molecular weight is 361 g/mol. The summed E-state index contributed by atoms with van der Waals surface area (Å²) >= 11 is 0. The first-order chi connectivity index (χ1) is 12.1. The molecule has 0 spiro atoms. The maximum Gasteiger partial charge on any atom is 0.229 e. The zero-order valence-electron chi connectivity index (χ0n) is 16.8. The largest absolute Gasteiger partial charge is 0.490 e. The first-order valence-electron chi connectivity index (χ1n) is 9.07. The number of carbonyl (C=O) groups is 2. The fourth-order valence-electron chi connectivity index (χ4n) is 2.97. The molecule has 2 rings (SSSR count). The van der Waals surface area contributed by atoms with Crippen molar-refractivity contribution in [2.75, 3.05) is 39.1 Å². The number of nitrogens with one attached hydrogen (secondary N) is 1. The highest BCUT2D eigenvalue weighted by Gasteiger charge is 2.39. The second kappa shape index (κ2) is 8.08. The van der Waals surface area contributed by atoms with Crippen LogP contribution in [0.25, 0.3) is 0 Å². The summed E-state index contributed by atoms with van der Waals surface area (Å²) in [6, 6.07) is 5.74. The van der Waals surface area contributed by atoms with E-state index in [0.29, 0.717) is 24.6 Å². The van der Waals surface area contributed by atoms with Gasteiger partial charge in [-0.1, -0.05) is 6.07 Å². The molecule has 6 nitrogen and oxygen atoms in total. The number of ether oxygens (including phenoxy) is 1. The lowest BCUT2D eigenvalue weighted by molar-refractivity contribution is -0.131. The molecule has 0 unspecified atom stereocenters. The number of nitrogens with zero attached hydrogens (tertiary/aromatic N) is 2. The summed E-state index contributed by atoms with van der Waals surface area (Å²) in [5, 5.41) is 2.97. The maximum absolute atomic E-state index is 12.7. The molecule has 0 aromatic heterocycles. The zero-order valence-corrected chi connectivity index (χ0v) is 16.8. The highest BCUT2D eigenvalue weighted by molar-refractivity contribution is 5.98. The Bertz CT molecular complexity index is 665. The lowest BCUT2D eigenvalue weighted by atomic mass is 10.1. The Labute approximate surface area is 156 Å². The van der Waals surface area contributed by atoms with Crippen molar-refractivity contribution in [2.24, 2.45) is 5.92 Å². The number of likely N-dealkylation sites (N-methyl/N-ethyl adjacent to an activating group) is 1. The topological polar surface area (TPSA) is 61.9 Å². The number of likely N-dealkylation sites (tertiary alicyclic amines) is 1. The average Bonchev–Trinajstić information content (AvgIpc) is 2.91. The van der Waals surface area contributed by atoms with Crippen molar-refractivity contribution < 1.29 is 14.3 Å². The fraction of sp³-hybridized carbons (Fsp3) is 0.600. The molecule has 1 fully saturated rings. The van der Waals surface area contributed by atoms with Crippen molar-refractivity contribution in [3.05, 3.63) is 23.8 Å². The van der Waals surface area contributed by atoms with Crippen LogP contribution in [0.15, 0.2) is 18.2 Å². The van der Waals surface area contributed by atoms with Crippen LogP contribution in [-0.4, -0.2) is 60.9 Å². The third kappa shape index (κ3) is 5.21. The molecule has 1 aliphatic heterocycles. The van der Waals surface area contributed by atoms with E-state index in [2.05, 4.69) is 5.32 Å². The molecule has 1 saturated heterocycles. The van der Waals surface area contributed by atoms with Crippen molar-refractivity contribution >= 4 is 17.5 Å². The van der Waals surface area contributed by atoms with Crippen LogP contribution in [0.1, 0.15) is 32.8 Å². The zero-order chi connectivity index (χ0) is 19.5. The van der Waals surface area contributed by atoms with E-state index in [1.165, 1.54) is 0 Å². The van der Waals surface area contributed by atoms with E-state index in [0.717, 1.165) is 12.1 Å². The van der Waals surface area contributed by atoms with Gasteiger partial charge in [-0.15, -0.1) is 0 Å². The summed E-state index contributed by atoms with van der Waals surface area (Å²) in [4.78, 5) is 28.8. The van der Waals surface area contributed by atoms with Crippen molar-refractivity contribution in [1.29, 1.82) is 0 Å². The van der Waals surface area contributed by atoms with E-state index in [1.807, 2.05) is 64.9 Å². The SMILES string of the molecule is Cc1ccc(OCCN(C)C)c(NC(=O)[C@@H]2CC(=O)N(C(C)(C)C)C2)c1. The van der Waals surface area contributed by atoms with Gasteiger partial charge in [0.1, 0.15) is 12.4 Å². The summed E-state index contributed by atoms with van der Waals surface area (Å²) in [6.45, 7) is 9.72. The number of carbonyl (C=O) groups excluding carboxylic acids is 2. The Balaban J connectivity index is 2.06. The van der Waals surface area contributed by atoms with Crippen LogP contribution in [0.2, 0.25) is 0 Å². The molecule has 1 aliphatic rings. The van der Waals surface area contributed by atoms with E-state index in [1.54, 1.807) is 4.90 Å². The molecule has 2 amide bonds. The molecule has 26 heavy (non-hydrogen) atoms. The van der Waals surface area contributed by atoms with Gasteiger partial charge in [0, 0.05) is 25.0 Å². The van der Waals surface area contributed by atoms with E-state index < -0.39 is 0 Å². The van der Waals surface area contributed by atoms with Gasteiger partial charge >= 0.3 is 0 Å². The van der Waals surface area contributed by atoms with Crippen LogP contribution in [0.4, 0.5) is 5.69 Å². The predicted molar refractivity (Wildman–Crippen MR) is 103 cm³/mol. The van der Waals surface area contributed by atoms with Gasteiger partial charge in [-0.05, 0) is 59.5 Å². The Hall–Kier alpha value is -2.08. The number of rotatable bonds is 6. The van der Waals surface area contributed by atoms with Crippen molar-refractivity contribution in [3.8, 4) is 5.75 Å². The van der Waals surface area contributed by atoms with E-state index in [9.17, 15) is 9.59 Å². The van der Waals surface area contributed by atoms with Gasteiger partial charge < -0.3 is 19.9 Å². The summed E-state index contributed by atoms with van der Waals surface area (Å²) in [5.74, 6) is 0.220. The number of anilines is 1. The van der Waals surface area contributed by atoms with Crippen LogP contribution < -0.4 is 10.1 Å². The Morgan fingerprint density at radius 3 is 2.62 bits per heavy atom. The van der Waals surface area contributed by atoms with Crippen molar-refractivity contribution in [1.82, 2.24) is 9.80 Å². The minimum atomic E-state index is -0.336. The lowest BCUT2D eigenvalue weighted by Gasteiger charge is -2.32. The molecule has 0 bridgehead atoms. The quantitative estimate of drug-likeness (QED) is 0.846. The Morgan fingerprint density at radius 2 is 2.04 bits per heavy atom. The molecule has 1 atom stereocenters. The Morgan fingerprint density at radius 1 is 1.35 bits per heavy atom. The third-order valence-electron chi connectivity index (χ3n) is 4.49. The van der Waals surface area contributed by atoms with Gasteiger partial charge in [0.25, 0.3) is 0 Å². The number of hydrogen-bond acceptors (Lipinski definition) is 4. The molecule has 1 aromatic carbocycles. The van der Waals surface area contributed by atoms with Crippen molar-refractivity contribution in [2.45, 2.75) is 39.7 Å². The maximum atomic E-state index is 12.7. The summed E-state index contributed by atoms with van der Waals surface area (Å²) < 4.78 is 5.83. The van der Waals surface area contributed by atoms with E-state index >= 15 is 0 Å². The molecule has 0 saturated carbocycles. The van der Waals surface area contributed by atoms with Crippen LogP contribution in [0.5, 0.6) is 5.75 Å². The van der Waals surface area contributed by atoms with Crippen LogP contribution in [0, 0.1) is 12.8 Å². The number of amides is 2. The van der Waals surface area contributed by atoms with Crippen LogP contribution >= 0.6 is 0 Å². The molecular formula is C20H31N3O3. The Kier molecular flexibility index (Phi) is 6.29. The predicted octanol–water partition coefficient (Wildman–Crippen LogP) is 2.52. The summed E-state index contributed by atoms with van der Waals surface area (Å²) in [6.07, 6.45) is 0.256. The number of aryl methyl sites for hydroxylation is 1. The summed E-state index contributed by atoms with van der Waals surface area (Å²) in [7, 11) is 3.97. The van der Waals surface area contributed by atoms with E-state index in [4.69, 9.17) is 4.74 Å². The van der Waals surface area contributed by atoms with Gasteiger partial charge in [-0.25, -0.2) is 0 Å². The molecule has 6 heteroatoms. The second-order valence-electron chi connectivity index (χ2n) is 8.22. The first kappa shape index (κ1) is 20.2. The second-order valence-corrected chi connectivity index (χ2v) is 8.22. The minimum Gasteiger partial charge on any atom is -0.490 e. The number of hydrogen-bond donors (Lipinski definition) is 1. The van der Waals surface area contributed by atoms with Gasteiger partial charge in [0.15, 0.2) is 0 Å². The highest BCUT2D eigenvalue weighted by Crippen LogP contribution is 2.29. The lowest BCUT2D eigenvalue weighted by Crippen LogP contribution is -2.42. The molecular weight excluding hydrogens is 330 g/mol. The first-order valence-corrected chi connectivity index (χ1v) is 9.07. The molecule has 1 aromatic rings. The molecule has 144 valence electrons. The normalized spacial score (nSPS) is 17.7. The highest BCUT2D eigenvalue weighted by atomic mass is 16.5. The van der Waals surface area contributed by atoms with Crippen molar-refractivity contribution in [3.63, 3.8) is 0 Å². The molecule has 1 heterocycles. The summed E-state index contributed by atoms with van der Waals surface area (Å²) in [5.41, 5.74) is 1.44. The van der Waals surface area contributed by atoms with E-state index in [-0.39, 0.29) is 29.7 Å². The van der Waals surface area contributed by atoms with Crippen LogP contribution in [0.3, 0.4) is 0 Å². The van der Waals surface area contributed by atoms with Gasteiger partial charge in [0.05, 0.1) is 11.6 Å². The monoisotopic (exact) mass is 361 g/mol.